The zero-order valence-corrected chi connectivity index (χ0v) is 15.8. The molecular weight excluding hydrogens is 312 g/mol. The molecule has 25 heavy (non-hydrogen) atoms. The summed E-state index contributed by atoms with van der Waals surface area (Å²) in [6, 6.07) is 13.9. The highest BCUT2D eigenvalue weighted by atomic mass is 16.6. The second-order valence-corrected chi connectivity index (χ2v) is 7.24. The van der Waals surface area contributed by atoms with Gasteiger partial charge >= 0.3 is 5.97 Å². The molecule has 2 atom stereocenters. The molecule has 0 aliphatic rings. The molecule has 0 saturated heterocycles. The summed E-state index contributed by atoms with van der Waals surface area (Å²) in [5.41, 5.74) is 0.859. The van der Waals surface area contributed by atoms with Gasteiger partial charge in [0.05, 0.1) is 6.61 Å². The Morgan fingerprint density at radius 2 is 1.72 bits per heavy atom. The lowest BCUT2D eigenvalue weighted by Crippen LogP contribution is -2.20. The predicted octanol–water partition coefficient (Wildman–Crippen LogP) is 5.53. The van der Waals surface area contributed by atoms with Crippen molar-refractivity contribution in [1.29, 1.82) is 0 Å². The smallest absolute Gasteiger partial charge is 0.339 e. The Bertz CT molecular complexity index is 673. The molecule has 0 heterocycles. The molecule has 0 fully saturated rings. The van der Waals surface area contributed by atoms with E-state index in [1.165, 1.54) is 12.8 Å². The predicted molar refractivity (Wildman–Crippen MR) is 103 cm³/mol. The highest BCUT2D eigenvalue weighted by Crippen LogP contribution is 2.27. The number of carbonyl (C=O) groups is 1. The van der Waals surface area contributed by atoms with E-state index in [0.717, 1.165) is 28.7 Å². The van der Waals surface area contributed by atoms with E-state index in [9.17, 15) is 4.79 Å². The first kappa shape index (κ1) is 19.5. The van der Waals surface area contributed by atoms with Crippen LogP contribution in [0.3, 0.4) is 0 Å². The quantitative estimate of drug-likeness (QED) is 0.562. The maximum Gasteiger partial charge on any atom is 0.339 e. The molecule has 0 N–H and O–H groups in total. The number of fused-ring (bicyclic) bond motifs is 1. The van der Waals surface area contributed by atoms with Gasteiger partial charge in [0.2, 0.25) is 0 Å². The number of rotatable bonds is 9. The molecule has 136 valence electrons. The van der Waals surface area contributed by atoms with Gasteiger partial charge in [-0.2, -0.15) is 0 Å². The molecule has 0 aliphatic carbocycles. The third-order valence-electron chi connectivity index (χ3n) is 4.54. The van der Waals surface area contributed by atoms with Gasteiger partial charge in [-0.25, -0.2) is 4.79 Å². The molecule has 2 aromatic rings. The van der Waals surface area contributed by atoms with Gasteiger partial charge in [0.15, 0.2) is 6.10 Å². The fourth-order valence-electron chi connectivity index (χ4n) is 3.09. The maximum atomic E-state index is 12.6. The van der Waals surface area contributed by atoms with Gasteiger partial charge in [0, 0.05) is 7.11 Å². The van der Waals surface area contributed by atoms with Crippen LogP contribution in [0.1, 0.15) is 51.7 Å². The van der Waals surface area contributed by atoms with Gasteiger partial charge in [0.25, 0.3) is 0 Å². The highest BCUT2D eigenvalue weighted by molar-refractivity contribution is 5.90. The molecule has 0 saturated carbocycles. The van der Waals surface area contributed by atoms with Crippen molar-refractivity contribution in [3.05, 3.63) is 48.0 Å². The molecule has 3 nitrogen and oxygen atoms in total. The van der Waals surface area contributed by atoms with E-state index in [0.29, 0.717) is 12.5 Å². The Hall–Kier alpha value is -1.87. The number of ether oxygens (including phenoxy) is 2. The van der Waals surface area contributed by atoms with Crippen LogP contribution in [0.15, 0.2) is 42.5 Å². The number of hydrogen-bond donors (Lipinski definition) is 0. The average molecular weight is 342 g/mol. The van der Waals surface area contributed by atoms with E-state index in [1.807, 2.05) is 42.5 Å². The molecular formula is C22H30O3. The van der Waals surface area contributed by atoms with Crippen LogP contribution in [0.4, 0.5) is 0 Å². The van der Waals surface area contributed by atoms with Crippen LogP contribution in [0.5, 0.6) is 0 Å². The molecule has 2 rings (SSSR count). The first-order valence-corrected chi connectivity index (χ1v) is 9.20. The summed E-state index contributed by atoms with van der Waals surface area (Å²) < 4.78 is 11.0. The third-order valence-corrected chi connectivity index (χ3v) is 4.54. The number of methoxy groups -OCH3 is 1. The van der Waals surface area contributed by atoms with Crippen LogP contribution < -0.4 is 0 Å². The number of hydrogen-bond acceptors (Lipinski definition) is 3. The first-order chi connectivity index (χ1) is 12.0. The maximum absolute atomic E-state index is 12.6. The fourth-order valence-corrected chi connectivity index (χ4v) is 3.09. The second-order valence-electron chi connectivity index (χ2n) is 7.24. The van der Waals surface area contributed by atoms with E-state index < -0.39 is 6.10 Å². The lowest BCUT2D eigenvalue weighted by Gasteiger charge is -2.19. The summed E-state index contributed by atoms with van der Waals surface area (Å²) in [6.07, 6.45) is 2.79. The zero-order valence-electron chi connectivity index (χ0n) is 15.8. The number of esters is 1. The van der Waals surface area contributed by atoms with Crippen LogP contribution in [0.2, 0.25) is 0 Å². The molecule has 0 bridgehead atoms. The summed E-state index contributed by atoms with van der Waals surface area (Å²) in [5, 5.41) is 2.12. The summed E-state index contributed by atoms with van der Waals surface area (Å²) in [4.78, 5) is 12.6. The van der Waals surface area contributed by atoms with Crippen molar-refractivity contribution in [3.8, 4) is 0 Å². The summed E-state index contributed by atoms with van der Waals surface area (Å²) in [7, 11) is 1.56. The average Bonchev–Trinajstić information content (AvgIpc) is 2.60. The normalized spacial score (nSPS) is 13.8. The van der Waals surface area contributed by atoms with E-state index in [1.54, 1.807) is 7.11 Å². The van der Waals surface area contributed by atoms with Gasteiger partial charge in [-0.15, -0.1) is 0 Å². The Kier molecular flexibility index (Phi) is 7.45. The van der Waals surface area contributed by atoms with Crippen LogP contribution in [-0.4, -0.2) is 19.7 Å². The van der Waals surface area contributed by atoms with Crippen molar-refractivity contribution < 1.29 is 14.3 Å². The Labute approximate surface area is 151 Å². The number of carbonyl (C=O) groups excluding carboxylic acids is 1. The molecule has 0 unspecified atom stereocenters. The largest absolute Gasteiger partial charge is 0.463 e. The topological polar surface area (TPSA) is 35.5 Å². The second kappa shape index (κ2) is 9.57. The minimum atomic E-state index is -0.686. The van der Waals surface area contributed by atoms with E-state index >= 15 is 0 Å². The van der Waals surface area contributed by atoms with Crippen molar-refractivity contribution in [2.45, 2.75) is 46.1 Å². The SMILES string of the molecule is CO[C@H](C(=O)OC[C@@H](C)CCCC(C)C)c1cccc2ccccc12. The van der Waals surface area contributed by atoms with Crippen LogP contribution in [0, 0.1) is 11.8 Å². The molecule has 0 aromatic heterocycles. The molecule has 3 heteroatoms. The molecule has 0 radical (unpaired) electrons. The summed E-state index contributed by atoms with van der Waals surface area (Å²) >= 11 is 0. The van der Waals surface area contributed by atoms with Crippen molar-refractivity contribution in [1.82, 2.24) is 0 Å². The standard InChI is InChI=1S/C22H30O3/c1-16(2)9-7-10-17(3)15-25-22(23)21(24-4)20-14-8-12-18-11-5-6-13-19(18)20/h5-6,8,11-14,16-17,21H,7,9-10,15H2,1-4H3/t17-,21-/m0/s1. The highest BCUT2D eigenvalue weighted by Gasteiger charge is 2.24. The lowest BCUT2D eigenvalue weighted by atomic mass is 9.99. The summed E-state index contributed by atoms with van der Waals surface area (Å²) in [6.45, 7) is 7.05. The minimum absolute atomic E-state index is 0.311. The monoisotopic (exact) mass is 342 g/mol. The van der Waals surface area contributed by atoms with Gasteiger partial charge in [-0.3, -0.25) is 0 Å². The van der Waals surface area contributed by atoms with Gasteiger partial charge in [-0.1, -0.05) is 76.1 Å². The molecule has 2 aromatic carbocycles. The molecule has 0 amide bonds. The van der Waals surface area contributed by atoms with Crippen LogP contribution in [0.25, 0.3) is 10.8 Å². The molecule has 0 spiro atoms. The lowest BCUT2D eigenvalue weighted by molar-refractivity contribution is -0.157. The van der Waals surface area contributed by atoms with Crippen molar-refractivity contribution in [3.63, 3.8) is 0 Å². The Morgan fingerprint density at radius 1 is 1.00 bits per heavy atom. The van der Waals surface area contributed by atoms with Gasteiger partial charge in [0.1, 0.15) is 0 Å². The fraction of sp³-hybridized carbons (Fsp3) is 0.500. The van der Waals surface area contributed by atoms with E-state index in [-0.39, 0.29) is 5.97 Å². The zero-order chi connectivity index (χ0) is 18.2. The van der Waals surface area contributed by atoms with Crippen molar-refractivity contribution in [2.75, 3.05) is 13.7 Å². The van der Waals surface area contributed by atoms with Crippen molar-refractivity contribution in [2.24, 2.45) is 11.8 Å². The van der Waals surface area contributed by atoms with Gasteiger partial charge in [-0.05, 0) is 34.6 Å². The van der Waals surface area contributed by atoms with Crippen molar-refractivity contribution >= 4 is 16.7 Å². The molecule has 0 aliphatic heterocycles. The third kappa shape index (κ3) is 5.57. The minimum Gasteiger partial charge on any atom is -0.463 e. The van der Waals surface area contributed by atoms with E-state index in [4.69, 9.17) is 9.47 Å². The van der Waals surface area contributed by atoms with Crippen LogP contribution in [-0.2, 0) is 14.3 Å². The number of benzene rings is 2. The van der Waals surface area contributed by atoms with Gasteiger partial charge < -0.3 is 9.47 Å². The summed E-state index contributed by atoms with van der Waals surface area (Å²) in [5.74, 6) is 0.779. The van der Waals surface area contributed by atoms with Crippen LogP contribution >= 0.6 is 0 Å². The van der Waals surface area contributed by atoms with E-state index in [2.05, 4.69) is 20.8 Å². The first-order valence-electron chi connectivity index (χ1n) is 9.20. The Morgan fingerprint density at radius 3 is 2.44 bits per heavy atom. The Balaban J connectivity index is 1.99.